The van der Waals surface area contributed by atoms with E-state index in [2.05, 4.69) is 9.97 Å². The number of nitrogens with one attached hydrogen (secondary N) is 1. The van der Waals surface area contributed by atoms with Crippen LogP contribution in [0.5, 0.6) is 5.88 Å². The van der Waals surface area contributed by atoms with Crippen molar-refractivity contribution in [2.75, 3.05) is 6.54 Å². The molecule has 0 spiro atoms. The second kappa shape index (κ2) is 5.12. The number of nitrogens with zero attached hydrogens (tertiary/aromatic N) is 1. The zero-order chi connectivity index (χ0) is 11.4. The summed E-state index contributed by atoms with van der Waals surface area (Å²) in [6.45, 7) is 0.633. The van der Waals surface area contributed by atoms with Gasteiger partial charge in [-0.15, -0.1) is 0 Å². The van der Waals surface area contributed by atoms with E-state index in [4.69, 9.17) is 10.5 Å². The van der Waals surface area contributed by atoms with Gasteiger partial charge in [-0.05, 0) is 25.8 Å². The molecule has 5 nitrogen and oxygen atoms in total. The van der Waals surface area contributed by atoms with E-state index in [0.717, 1.165) is 19.3 Å². The van der Waals surface area contributed by atoms with Crippen LogP contribution in [-0.4, -0.2) is 22.6 Å². The van der Waals surface area contributed by atoms with Crippen molar-refractivity contribution < 1.29 is 4.74 Å². The van der Waals surface area contributed by atoms with E-state index < -0.39 is 0 Å². The molecular weight excluding hydrogens is 206 g/mol. The molecule has 0 radical (unpaired) electrons. The predicted octanol–water partition coefficient (Wildman–Crippen LogP) is 0.666. The molecule has 88 valence electrons. The molecule has 3 N–H and O–H groups in total. The summed E-state index contributed by atoms with van der Waals surface area (Å²) >= 11 is 0. The number of H-pyrrole nitrogens is 1. The number of rotatable bonds is 3. The van der Waals surface area contributed by atoms with Gasteiger partial charge in [-0.2, -0.15) is 0 Å². The van der Waals surface area contributed by atoms with Gasteiger partial charge in [-0.1, -0.05) is 6.42 Å². The van der Waals surface area contributed by atoms with Crippen LogP contribution in [0.2, 0.25) is 0 Å². The number of aromatic amines is 1. The van der Waals surface area contributed by atoms with Gasteiger partial charge in [-0.3, -0.25) is 4.79 Å². The summed E-state index contributed by atoms with van der Waals surface area (Å²) in [5, 5.41) is 0. The topological polar surface area (TPSA) is 81.0 Å². The van der Waals surface area contributed by atoms with Crippen molar-refractivity contribution in [3.8, 4) is 5.88 Å². The Bertz CT molecular complexity index is 391. The van der Waals surface area contributed by atoms with Crippen LogP contribution in [-0.2, 0) is 0 Å². The molecule has 0 bridgehead atoms. The summed E-state index contributed by atoms with van der Waals surface area (Å²) in [4.78, 5) is 17.5. The Morgan fingerprint density at radius 1 is 1.50 bits per heavy atom. The zero-order valence-electron chi connectivity index (χ0n) is 9.19. The second-order valence-corrected chi connectivity index (χ2v) is 4.19. The maximum absolute atomic E-state index is 11.1. The summed E-state index contributed by atoms with van der Waals surface area (Å²) in [7, 11) is 0. The summed E-state index contributed by atoms with van der Waals surface area (Å²) in [6, 6.07) is 1.38. The smallest absolute Gasteiger partial charge is 0.254 e. The van der Waals surface area contributed by atoms with Crippen molar-refractivity contribution in [1.29, 1.82) is 0 Å². The van der Waals surface area contributed by atoms with Gasteiger partial charge >= 0.3 is 0 Å². The van der Waals surface area contributed by atoms with E-state index in [1.807, 2.05) is 0 Å². The molecule has 2 rings (SSSR count). The fourth-order valence-corrected chi connectivity index (χ4v) is 2.17. The van der Waals surface area contributed by atoms with Crippen molar-refractivity contribution in [3.63, 3.8) is 0 Å². The maximum Gasteiger partial charge on any atom is 0.254 e. The molecule has 1 aliphatic carbocycles. The van der Waals surface area contributed by atoms with Crippen LogP contribution in [0.3, 0.4) is 0 Å². The van der Waals surface area contributed by atoms with Gasteiger partial charge in [0, 0.05) is 5.92 Å². The molecule has 0 saturated heterocycles. The van der Waals surface area contributed by atoms with Gasteiger partial charge in [0.25, 0.3) is 5.56 Å². The van der Waals surface area contributed by atoms with Gasteiger partial charge in [0.2, 0.25) is 5.88 Å². The van der Waals surface area contributed by atoms with E-state index >= 15 is 0 Å². The monoisotopic (exact) mass is 223 g/mol. The van der Waals surface area contributed by atoms with Crippen LogP contribution in [0.1, 0.15) is 25.7 Å². The second-order valence-electron chi connectivity index (χ2n) is 4.19. The SMILES string of the molecule is NCC1CCCCC1Oc1cc(=O)[nH]cn1. The number of hydrogen-bond donors (Lipinski definition) is 2. The summed E-state index contributed by atoms with van der Waals surface area (Å²) in [5.41, 5.74) is 5.52. The lowest BCUT2D eigenvalue weighted by Gasteiger charge is -2.30. The molecule has 0 aliphatic heterocycles. The fourth-order valence-electron chi connectivity index (χ4n) is 2.17. The Balaban J connectivity index is 2.05. The number of aromatic nitrogens is 2. The van der Waals surface area contributed by atoms with Crippen molar-refractivity contribution in [2.45, 2.75) is 31.8 Å². The normalized spacial score (nSPS) is 25.3. The Labute approximate surface area is 94.0 Å². The summed E-state index contributed by atoms with van der Waals surface area (Å²) in [6.07, 6.45) is 5.93. The molecule has 2 atom stereocenters. The van der Waals surface area contributed by atoms with E-state index in [1.54, 1.807) is 0 Å². The van der Waals surface area contributed by atoms with Crippen molar-refractivity contribution >= 4 is 0 Å². The highest BCUT2D eigenvalue weighted by Gasteiger charge is 2.25. The van der Waals surface area contributed by atoms with Crippen molar-refractivity contribution in [1.82, 2.24) is 9.97 Å². The van der Waals surface area contributed by atoms with Crippen LogP contribution in [0.25, 0.3) is 0 Å². The van der Waals surface area contributed by atoms with Gasteiger partial charge in [-0.25, -0.2) is 4.98 Å². The van der Waals surface area contributed by atoms with Gasteiger partial charge in [0.1, 0.15) is 6.10 Å². The average molecular weight is 223 g/mol. The maximum atomic E-state index is 11.1. The Kier molecular flexibility index (Phi) is 3.56. The fraction of sp³-hybridized carbons (Fsp3) is 0.636. The number of ether oxygens (including phenoxy) is 1. The van der Waals surface area contributed by atoms with E-state index in [-0.39, 0.29) is 11.7 Å². The minimum atomic E-state index is -0.190. The first-order valence-corrected chi connectivity index (χ1v) is 5.71. The first-order valence-electron chi connectivity index (χ1n) is 5.71. The summed E-state index contributed by atoms with van der Waals surface area (Å²) in [5.74, 6) is 0.781. The zero-order valence-corrected chi connectivity index (χ0v) is 9.19. The third kappa shape index (κ3) is 2.61. The lowest BCUT2D eigenvalue weighted by molar-refractivity contribution is 0.0920. The van der Waals surface area contributed by atoms with E-state index in [0.29, 0.717) is 18.3 Å². The lowest BCUT2D eigenvalue weighted by Crippen LogP contribution is -2.35. The largest absolute Gasteiger partial charge is 0.474 e. The molecule has 1 heterocycles. The Hall–Kier alpha value is -1.36. The van der Waals surface area contributed by atoms with Gasteiger partial charge < -0.3 is 15.5 Å². The third-order valence-corrected chi connectivity index (χ3v) is 3.07. The average Bonchev–Trinajstić information content (AvgIpc) is 2.30. The standard InChI is InChI=1S/C11H17N3O2/c12-6-8-3-1-2-4-9(8)16-11-5-10(15)13-7-14-11/h5,7-9H,1-4,6,12H2,(H,13,14,15). The Morgan fingerprint density at radius 2 is 2.31 bits per heavy atom. The van der Waals surface area contributed by atoms with E-state index in [1.165, 1.54) is 18.8 Å². The van der Waals surface area contributed by atoms with Crippen LogP contribution >= 0.6 is 0 Å². The van der Waals surface area contributed by atoms with E-state index in [9.17, 15) is 4.79 Å². The predicted molar refractivity (Wildman–Crippen MR) is 60.3 cm³/mol. The molecule has 2 unspecified atom stereocenters. The van der Waals surface area contributed by atoms with Gasteiger partial charge in [0.15, 0.2) is 0 Å². The third-order valence-electron chi connectivity index (χ3n) is 3.07. The highest BCUT2D eigenvalue weighted by atomic mass is 16.5. The highest BCUT2D eigenvalue weighted by molar-refractivity contribution is 5.06. The number of hydrogen-bond acceptors (Lipinski definition) is 4. The van der Waals surface area contributed by atoms with Crippen molar-refractivity contribution in [2.24, 2.45) is 11.7 Å². The molecule has 1 fully saturated rings. The highest BCUT2D eigenvalue weighted by Crippen LogP contribution is 2.26. The van der Waals surface area contributed by atoms with Crippen LogP contribution < -0.4 is 16.0 Å². The molecule has 5 heteroatoms. The number of nitrogens with two attached hydrogens (primary N) is 1. The minimum Gasteiger partial charge on any atom is -0.474 e. The molecule has 1 saturated carbocycles. The van der Waals surface area contributed by atoms with Crippen molar-refractivity contribution in [3.05, 3.63) is 22.7 Å². The first kappa shape index (κ1) is 11.1. The van der Waals surface area contributed by atoms with Crippen LogP contribution in [0.4, 0.5) is 0 Å². The van der Waals surface area contributed by atoms with Crippen LogP contribution in [0, 0.1) is 5.92 Å². The first-order chi connectivity index (χ1) is 7.79. The van der Waals surface area contributed by atoms with Crippen LogP contribution in [0.15, 0.2) is 17.2 Å². The lowest BCUT2D eigenvalue weighted by atomic mass is 9.86. The molecule has 0 amide bonds. The summed E-state index contributed by atoms with van der Waals surface area (Å²) < 4.78 is 5.73. The van der Waals surface area contributed by atoms with Gasteiger partial charge in [0.05, 0.1) is 12.4 Å². The molecule has 1 aromatic rings. The molecular formula is C11H17N3O2. The molecule has 1 aliphatic rings. The Morgan fingerprint density at radius 3 is 3.06 bits per heavy atom. The molecule has 16 heavy (non-hydrogen) atoms. The molecule has 0 aromatic carbocycles. The quantitative estimate of drug-likeness (QED) is 0.789. The molecule has 1 aromatic heterocycles. The minimum absolute atomic E-state index is 0.105.